The van der Waals surface area contributed by atoms with E-state index in [0.717, 1.165) is 0 Å². The molecule has 1 aromatic rings. The van der Waals surface area contributed by atoms with Crippen LogP contribution in [-0.4, -0.2) is 129 Å². The molecular weight excluding hydrogens is 827 g/mol. The molecule has 0 fully saturated rings. The van der Waals surface area contributed by atoms with Crippen LogP contribution >= 0.6 is 11.8 Å². The molecule has 0 saturated carbocycles. The lowest BCUT2D eigenvalue weighted by molar-refractivity contribution is -0.143. The first-order valence-electron chi connectivity index (χ1n) is 20.7. The molecule has 0 unspecified atom stereocenters. The third kappa shape index (κ3) is 20.5. The maximum atomic E-state index is 13.6. The molecule has 62 heavy (non-hydrogen) atoms. The van der Waals surface area contributed by atoms with Crippen LogP contribution < -0.4 is 37.2 Å². The van der Waals surface area contributed by atoms with Crippen molar-refractivity contribution in [2.24, 2.45) is 17.8 Å². The highest BCUT2D eigenvalue weighted by Crippen LogP contribution is 2.14. The first-order chi connectivity index (χ1) is 29.0. The average Bonchev–Trinajstić information content (AvgIpc) is 3.17. The molecular formula is C42H67N7O12S. The van der Waals surface area contributed by atoms with Gasteiger partial charge in [-0.05, 0) is 61.5 Å². The molecule has 1 aromatic carbocycles. The number of aliphatic hydroxyl groups is 1. The molecule has 0 radical (unpaired) electrons. The highest BCUT2D eigenvalue weighted by Gasteiger charge is 2.34. The number of carbonyl (C=O) groups is 9. The highest BCUT2D eigenvalue weighted by atomic mass is 32.2. The molecule has 0 aliphatic heterocycles. The molecule has 0 aliphatic rings. The van der Waals surface area contributed by atoms with Crippen molar-refractivity contribution in [3.05, 3.63) is 35.9 Å². The second-order valence-corrected chi connectivity index (χ2v) is 17.4. The molecule has 348 valence electrons. The molecule has 0 aromatic heterocycles. The van der Waals surface area contributed by atoms with Gasteiger partial charge in [0.2, 0.25) is 41.4 Å². The van der Waals surface area contributed by atoms with Crippen LogP contribution in [0.5, 0.6) is 0 Å². The van der Waals surface area contributed by atoms with Gasteiger partial charge in [0.25, 0.3) is 0 Å². The Morgan fingerprint density at radius 2 is 1.15 bits per heavy atom. The number of carbonyl (C=O) groups excluding carboxylic acids is 7. The largest absolute Gasteiger partial charge is 0.481 e. The van der Waals surface area contributed by atoms with Gasteiger partial charge in [-0.3, -0.25) is 38.4 Å². The van der Waals surface area contributed by atoms with Crippen LogP contribution in [0.2, 0.25) is 0 Å². The van der Waals surface area contributed by atoms with Crippen molar-refractivity contribution in [2.75, 3.05) is 12.0 Å². The number of aliphatic hydroxyl groups excluding tert-OH is 1. The summed E-state index contributed by atoms with van der Waals surface area (Å²) in [6.45, 7) is 13.1. The molecule has 8 atom stereocenters. The summed E-state index contributed by atoms with van der Waals surface area (Å²) in [6, 6.07) is 0.219. The van der Waals surface area contributed by atoms with Gasteiger partial charge < -0.3 is 52.5 Å². The Morgan fingerprint density at radius 1 is 0.629 bits per heavy atom. The molecule has 7 amide bonds. The number of thioether (sulfide) groups is 1. The Bertz CT molecular complexity index is 1680. The van der Waals surface area contributed by atoms with Gasteiger partial charge in [0.1, 0.15) is 36.3 Å². The van der Waals surface area contributed by atoms with Gasteiger partial charge in [-0.2, -0.15) is 11.8 Å². The highest BCUT2D eigenvalue weighted by molar-refractivity contribution is 7.98. The van der Waals surface area contributed by atoms with Gasteiger partial charge in [0, 0.05) is 19.8 Å². The quantitative estimate of drug-likeness (QED) is 0.0548. The summed E-state index contributed by atoms with van der Waals surface area (Å²) >= 11 is 1.46. The molecule has 0 heterocycles. The monoisotopic (exact) mass is 893 g/mol. The van der Waals surface area contributed by atoms with Crippen molar-refractivity contribution in [1.82, 2.24) is 37.2 Å². The van der Waals surface area contributed by atoms with E-state index in [0.29, 0.717) is 11.3 Å². The minimum absolute atomic E-state index is 0.0492. The number of hydrogen-bond acceptors (Lipinski definition) is 11. The Kier molecular flexibility index (Phi) is 24.4. The third-order valence-corrected chi connectivity index (χ3v) is 10.3. The summed E-state index contributed by atoms with van der Waals surface area (Å²) in [6.07, 6.45) is -0.647. The number of benzene rings is 1. The maximum absolute atomic E-state index is 13.6. The molecule has 10 N–H and O–H groups in total. The Balaban J connectivity index is 3.08. The number of carboxylic acid groups (broad SMARTS) is 2. The van der Waals surface area contributed by atoms with Crippen LogP contribution in [0.15, 0.2) is 30.3 Å². The summed E-state index contributed by atoms with van der Waals surface area (Å²) in [7, 11) is 0. The first-order valence-corrected chi connectivity index (χ1v) is 22.1. The number of carboxylic acids is 2. The van der Waals surface area contributed by atoms with E-state index in [1.54, 1.807) is 58.0 Å². The van der Waals surface area contributed by atoms with Gasteiger partial charge in [0.15, 0.2) is 0 Å². The molecule has 0 aliphatic carbocycles. The standard InChI is InChI=1S/C42H67N7O12S/c1-22(2)19-30(47-39(57)29(17-18-62-9)46-41(59)35(23(3)4)44-26(8)50)32(51)21-33(52)49-36(24(5)6)40(58)43-25(7)37(55)45-28(15-16-34(53)54)38(56)48-31(42(60)61)20-27-13-11-10-12-14-27/h10-14,22-25,28-32,35-36,51H,15-21H2,1-9H3,(H,43,58)(H,44,50)(H,45,55)(H,46,59)(H,47,57)(H,48,56)(H,49,52)(H,53,54)(H,60,61)/t25-,28-,29-,30-,31-,32-,35-,36-/m0/s1. The lowest BCUT2D eigenvalue weighted by Crippen LogP contribution is -2.58. The van der Waals surface area contributed by atoms with E-state index in [1.807, 2.05) is 20.1 Å². The average molecular weight is 894 g/mol. The van der Waals surface area contributed by atoms with Crippen LogP contribution in [0.25, 0.3) is 0 Å². The minimum atomic E-state index is -1.48. The molecule has 20 heteroatoms. The van der Waals surface area contributed by atoms with Crippen LogP contribution in [0.4, 0.5) is 0 Å². The second kappa shape index (κ2) is 27.7. The normalized spacial score (nSPS) is 15.1. The third-order valence-electron chi connectivity index (χ3n) is 9.66. The van der Waals surface area contributed by atoms with E-state index in [2.05, 4.69) is 37.2 Å². The number of nitrogens with one attached hydrogen (secondary N) is 7. The molecule has 0 spiro atoms. The van der Waals surface area contributed by atoms with Gasteiger partial charge >= 0.3 is 11.9 Å². The predicted octanol–water partition coefficient (Wildman–Crippen LogP) is 0.474. The van der Waals surface area contributed by atoms with Crippen molar-refractivity contribution in [2.45, 2.75) is 142 Å². The van der Waals surface area contributed by atoms with Gasteiger partial charge in [-0.1, -0.05) is 71.9 Å². The van der Waals surface area contributed by atoms with E-state index in [9.17, 15) is 58.5 Å². The Hall–Kier alpha value is -5.24. The Labute approximate surface area is 367 Å². The van der Waals surface area contributed by atoms with E-state index >= 15 is 0 Å². The second-order valence-electron chi connectivity index (χ2n) is 16.4. The summed E-state index contributed by atoms with van der Waals surface area (Å²) in [4.78, 5) is 115. The Morgan fingerprint density at radius 3 is 1.66 bits per heavy atom. The predicted molar refractivity (Wildman–Crippen MR) is 232 cm³/mol. The zero-order valence-corrected chi connectivity index (χ0v) is 37.9. The van der Waals surface area contributed by atoms with E-state index in [-0.39, 0.29) is 37.5 Å². The van der Waals surface area contributed by atoms with Crippen LogP contribution in [0, 0.1) is 17.8 Å². The van der Waals surface area contributed by atoms with Crippen molar-refractivity contribution in [1.29, 1.82) is 0 Å². The van der Waals surface area contributed by atoms with Crippen molar-refractivity contribution < 1.29 is 58.5 Å². The summed E-state index contributed by atoms with van der Waals surface area (Å²) in [5, 5.41) is 48.2. The minimum Gasteiger partial charge on any atom is -0.481 e. The number of rotatable bonds is 28. The van der Waals surface area contributed by atoms with Crippen LogP contribution in [0.3, 0.4) is 0 Å². The van der Waals surface area contributed by atoms with E-state index in [4.69, 9.17) is 0 Å². The molecule has 0 bridgehead atoms. The molecule has 1 rings (SSSR count). The maximum Gasteiger partial charge on any atom is 0.326 e. The lowest BCUT2D eigenvalue weighted by Gasteiger charge is -2.30. The molecule has 19 nitrogen and oxygen atoms in total. The smallest absolute Gasteiger partial charge is 0.326 e. The number of hydrogen-bond donors (Lipinski definition) is 10. The zero-order valence-electron chi connectivity index (χ0n) is 37.1. The van der Waals surface area contributed by atoms with Crippen molar-refractivity contribution in [3.8, 4) is 0 Å². The number of aliphatic carboxylic acids is 2. The van der Waals surface area contributed by atoms with Crippen molar-refractivity contribution in [3.63, 3.8) is 0 Å². The first kappa shape index (κ1) is 54.8. The molecule has 0 saturated heterocycles. The lowest BCUT2D eigenvalue weighted by atomic mass is 9.96. The van der Waals surface area contributed by atoms with Crippen molar-refractivity contribution >= 4 is 65.1 Å². The van der Waals surface area contributed by atoms with Crippen LogP contribution in [-0.2, 0) is 49.6 Å². The van der Waals surface area contributed by atoms with Gasteiger partial charge in [-0.25, -0.2) is 4.79 Å². The van der Waals surface area contributed by atoms with E-state index in [1.165, 1.54) is 25.6 Å². The SMILES string of the molecule is CSCC[C@H](NC(=O)[C@@H](NC(C)=O)C(C)C)C(=O)N[C@@H](CC(C)C)[C@@H](O)CC(=O)N[C@H](C(=O)N[C@@H](C)C(=O)N[C@@H](CCC(=O)O)C(=O)N[C@@H](Cc1ccccc1)C(=O)O)C(C)C. The summed E-state index contributed by atoms with van der Waals surface area (Å²) < 4.78 is 0. The summed E-state index contributed by atoms with van der Waals surface area (Å²) in [5.41, 5.74) is 0.611. The zero-order chi connectivity index (χ0) is 47.3. The fraction of sp³-hybridized carbons (Fsp3) is 0.643. The van der Waals surface area contributed by atoms with E-state index < -0.39 is 120 Å². The van der Waals surface area contributed by atoms with Gasteiger partial charge in [-0.15, -0.1) is 0 Å². The fourth-order valence-corrected chi connectivity index (χ4v) is 6.72. The fourth-order valence-electron chi connectivity index (χ4n) is 6.25. The number of amides is 7. The summed E-state index contributed by atoms with van der Waals surface area (Å²) in [5.74, 6) is -7.89. The topological polar surface area (TPSA) is 299 Å². The van der Waals surface area contributed by atoms with Gasteiger partial charge in [0.05, 0.1) is 18.6 Å². The van der Waals surface area contributed by atoms with Crippen LogP contribution in [0.1, 0.15) is 93.1 Å².